The standard InChI is InChI=1S/C21H21N5O/c1-25-19-13-23-20(11-18(19)26(21(25)27)16-7-3-4-8-16)24-15-10-14-6-2-5-9-17(14)22-12-15/h2,5-6,9-13,16H,3-4,7-8H2,1H3,(H,23,24). The molecule has 0 bridgehead atoms. The van der Waals surface area contributed by atoms with Gasteiger partial charge in [0, 0.05) is 24.5 Å². The van der Waals surface area contributed by atoms with Crippen molar-refractivity contribution < 1.29 is 0 Å². The number of para-hydroxylation sites is 1. The lowest BCUT2D eigenvalue weighted by molar-refractivity contribution is 0.509. The lowest BCUT2D eigenvalue weighted by Gasteiger charge is -2.12. The highest BCUT2D eigenvalue weighted by molar-refractivity contribution is 5.83. The molecule has 0 spiro atoms. The predicted octanol–water partition coefficient (Wildman–Crippen LogP) is 4.14. The largest absolute Gasteiger partial charge is 0.339 e. The molecule has 1 saturated carbocycles. The number of hydrogen-bond donors (Lipinski definition) is 1. The van der Waals surface area contributed by atoms with E-state index in [2.05, 4.69) is 21.4 Å². The lowest BCUT2D eigenvalue weighted by atomic mass is 10.2. The summed E-state index contributed by atoms with van der Waals surface area (Å²) in [6.07, 6.45) is 8.10. The first kappa shape index (κ1) is 16.1. The molecule has 5 rings (SSSR count). The SMILES string of the molecule is Cn1c(=O)n(C2CCCC2)c2cc(Nc3cnc4ccccc4c3)ncc21. The first-order valence-corrected chi connectivity index (χ1v) is 9.39. The number of nitrogens with zero attached hydrogens (tertiary/aromatic N) is 4. The van der Waals surface area contributed by atoms with Gasteiger partial charge in [0.15, 0.2) is 0 Å². The molecule has 3 aromatic heterocycles. The molecule has 3 heterocycles. The van der Waals surface area contributed by atoms with Crippen molar-refractivity contribution in [1.29, 1.82) is 0 Å². The van der Waals surface area contributed by atoms with Crippen molar-refractivity contribution >= 4 is 33.4 Å². The minimum absolute atomic E-state index is 0.0446. The molecule has 4 aromatic rings. The molecule has 0 saturated heterocycles. The maximum Gasteiger partial charge on any atom is 0.329 e. The van der Waals surface area contributed by atoms with Crippen molar-refractivity contribution in [1.82, 2.24) is 19.1 Å². The highest BCUT2D eigenvalue weighted by Gasteiger charge is 2.23. The van der Waals surface area contributed by atoms with Gasteiger partial charge in [-0.15, -0.1) is 0 Å². The smallest absolute Gasteiger partial charge is 0.329 e. The molecule has 6 nitrogen and oxygen atoms in total. The summed E-state index contributed by atoms with van der Waals surface area (Å²) >= 11 is 0. The molecular formula is C21H21N5O. The van der Waals surface area contributed by atoms with Crippen LogP contribution >= 0.6 is 0 Å². The summed E-state index contributed by atoms with van der Waals surface area (Å²) in [5.41, 5.74) is 3.70. The van der Waals surface area contributed by atoms with Crippen LogP contribution < -0.4 is 11.0 Å². The molecule has 1 aromatic carbocycles. The minimum atomic E-state index is 0.0446. The highest BCUT2D eigenvalue weighted by Crippen LogP contribution is 2.31. The number of pyridine rings is 2. The topological polar surface area (TPSA) is 64.7 Å². The quantitative estimate of drug-likeness (QED) is 0.597. The molecule has 6 heteroatoms. The zero-order valence-corrected chi connectivity index (χ0v) is 15.2. The second-order valence-electron chi connectivity index (χ2n) is 7.25. The van der Waals surface area contributed by atoms with Crippen LogP contribution in [0, 0.1) is 0 Å². The number of benzene rings is 1. The first-order valence-electron chi connectivity index (χ1n) is 9.39. The Bertz CT molecular complexity index is 1200. The van der Waals surface area contributed by atoms with Gasteiger partial charge >= 0.3 is 5.69 Å². The number of imidazole rings is 1. The Morgan fingerprint density at radius 2 is 1.85 bits per heavy atom. The molecule has 1 fully saturated rings. The van der Waals surface area contributed by atoms with Gasteiger partial charge in [-0.1, -0.05) is 31.0 Å². The molecule has 0 amide bonds. The number of rotatable bonds is 3. The molecule has 0 unspecified atom stereocenters. The Balaban J connectivity index is 1.57. The van der Waals surface area contributed by atoms with Gasteiger partial charge in [-0.05, 0) is 25.0 Å². The van der Waals surface area contributed by atoms with Crippen molar-refractivity contribution in [3.63, 3.8) is 0 Å². The highest BCUT2D eigenvalue weighted by atomic mass is 16.1. The monoisotopic (exact) mass is 359 g/mol. The van der Waals surface area contributed by atoms with Crippen LogP contribution in [0.15, 0.2) is 53.6 Å². The summed E-state index contributed by atoms with van der Waals surface area (Å²) in [6, 6.07) is 12.3. The van der Waals surface area contributed by atoms with Crippen LogP contribution in [0.5, 0.6) is 0 Å². The number of aryl methyl sites for hydroxylation is 1. The van der Waals surface area contributed by atoms with Crippen LogP contribution in [0.2, 0.25) is 0 Å². The Hall–Kier alpha value is -3.15. The maximum atomic E-state index is 12.8. The summed E-state index contributed by atoms with van der Waals surface area (Å²) in [5.74, 6) is 0.719. The van der Waals surface area contributed by atoms with Gasteiger partial charge < -0.3 is 5.32 Å². The van der Waals surface area contributed by atoms with E-state index in [-0.39, 0.29) is 5.69 Å². The van der Waals surface area contributed by atoms with E-state index in [1.165, 1.54) is 12.8 Å². The molecule has 1 aliphatic carbocycles. The van der Waals surface area contributed by atoms with Crippen LogP contribution in [0.1, 0.15) is 31.7 Å². The summed E-state index contributed by atoms with van der Waals surface area (Å²) < 4.78 is 3.65. The predicted molar refractivity (Wildman–Crippen MR) is 108 cm³/mol. The van der Waals surface area contributed by atoms with Crippen LogP contribution in [0.25, 0.3) is 21.9 Å². The number of nitrogens with one attached hydrogen (secondary N) is 1. The third-order valence-corrected chi connectivity index (χ3v) is 5.53. The van der Waals surface area contributed by atoms with Crippen molar-refractivity contribution in [2.24, 2.45) is 7.05 Å². The number of aromatic nitrogens is 4. The van der Waals surface area contributed by atoms with Crippen molar-refractivity contribution in [3.8, 4) is 0 Å². The fourth-order valence-corrected chi connectivity index (χ4v) is 4.13. The van der Waals surface area contributed by atoms with E-state index >= 15 is 0 Å². The zero-order valence-electron chi connectivity index (χ0n) is 15.2. The average molecular weight is 359 g/mol. The van der Waals surface area contributed by atoms with E-state index in [0.717, 1.165) is 46.3 Å². The number of fused-ring (bicyclic) bond motifs is 2. The van der Waals surface area contributed by atoms with E-state index in [1.807, 2.05) is 48.1 Å². The third-order valence-electron chi connectivity index (χ3n) is 5.53. The Morgan fingerprint density at radius 1 is 1.04 bits per heavy atom. The van der Waals surface area contributed by atoms with Gasteiger partial charge in [0.25, 0.3) is 0 Å². The second-order valence-corrected chi connectivity index (χ2v) is 7.25. The summed E-state index contributed by atoms with van der Waals surface area (Å²) in [6.45, 7) is 0. The Kier molecular flexibility index (Phi) is 3.70. The van der Waals surface area contributed by atoms with E-state index in [4.69, 9.17) is 0 Å². The Morgan fingerprint density at radius 3 is 2.70 bits per heavy atom. The van der Waals surface area contributed by atoms with Crippen LogP contribution in [0.3, 0.4) is 0 Å². The fourth-order valence-electron chi connectivity index (χ4n) is 4.13. The van der Waals surface area contributed by atoms with Crippen LogP contribution in [-0.4, -0.2) is 19.1 Å². The van der Waals surface area contributed by atoms with Crippen molar-refractivity contribution in [3.05, 3.63) is 59.3 Å². The number of anilines is 2. The van der Waals surface area contributed by atoms with Gasteiger partial charge in [-0.25, -0.2) is 9.78 Å². The van der Waals surface area contributed by atoms with Crippen LogP contribution in [-0.2, 0) is 7.05 Å². The van der Waals surface area contributed by atoms with Gasteiger partial charge in [0.1, 0.15) is 5.82 Å². The molecule has 0 aliphatic heterocycles. The van der Waals surface area contributed by atoms with E-state index in [9.17, 15) is 4.79 Å². The van der Waals surface area contributed by atoms with E-state index < -0.39 is 0 Å². The van der Waals surface area contributed by atoms with E-state index in [1.54, 1.807) is 10.8 Å². The minimum Gasteiger partial charge on any atom is -0.339 e. The average Bonchev–Trinajstić information content (AvgIpc) is 3.29. The van der Waals surface area contributed by atoms with Crippen molar-refractivity contribution in [2.75, 3.05) is 5.32 Å². The normalized spacial score (nSPS) is 15.0. The summed E-state index contributed by atoms with van der Waals surface area (Å²) in [4.78, 5) is 21.8. The van der Waals surface area contributed by atoms with E-state index in [0.29, 0.717) is 6.04 Å². The van der Waals surface area contributed by atoms with Gasteiger partial charge in [0.05, 0.1) is 34.6 Å². The number of hydrogen-bond acceptors (Lipinski definition) is 4. The van der Waals surface area contributed by atoms with Gasteiger partial charge in [0.2, 0.25) is 0 Å². The first-order chi connectivity index (χ1) is 13.2. The molecule has 136 valence electrons. The molecule has 1 N–H and O–H groups in total. The summed E-state index contributed by atoms with van der Waals surface area (Å²) in [7, 11) is 1.82. The van der Waals surface area contributed by atoms with Crippen LogP contribution in [0.4, 0.5) is 11.5 Å². The third kappa shape index (κ3) is 2.68. The maximum absolute atomic E-state index is 12.8. The molecule has 0 atom stereocenters. The zero-order chi connectivity index (χ0) is 18.4. The molecular weight excluding hydrogens is 338 g/mol. The van der Waals surface area contributed by atoms with Gasteiger partial charge in [-0.3, -0.25) is 14.1 Å². The van der Waals surface area contributed by atoms with Gasteiger partial charge in [-0.2, -0.15) is 0 Å². The molecule has 27 heavy (non-hydrogen) atoms. The summed E-state index contributed by atoms with van der Waals surface area (Å²) in [5, 5.41) is 4.41. The molecule has 0 radical (unpaired) electrons. The molecule has 1 aliphatic rings. The lowest BCUT2D eigenvalue weighted by Crippen LogP contribution is -2.24. The van der Waals surface area contributed by atoms with Crippen molar-refractivity contribution in [2.45, 2.75) is 31.7 Å². The Labute approximate surface area is 156 Å². The second kappa shape index (κ2) is 6.23. The fraction of sp³-hybridized carbons (Fsp3) is 0.286.